The molecule has 1 aromatic rings. The first-order chi connectivity index (χ1) is 8.34. The van der Waals surface area contributed by atoms with Gasteiger partial charge in [-0.05, 0) is 63.0 Å². The van der Waals surface area contributed by atoms with Crippen LogP contribution >= 0.6 is 0 Å². The molecule has 0 amide bonds. The van der Waals surface area contributed by atoms with E-state index in [-0.39, 0.29) is 0 Å². The van der Waals surface area contributed by atoms with Gasteiger partial charge in [0.1, 0.15) is 0 Å². The first-order valence-corrected chi connectivity index (χ1v) is 6.63. The van der Waals surface area contributed by atoms with Crippen molar-refractivity contribution in [1.82, 2.24) is 15.2 Å². The van der Waals surface area contributed by atoms with E-state index in [2.05, 4.69) is 34.4 Å². The highest BCUT2D eigenvalue weighted by Crippen LogP contribution is 2.11. The van der Waals surface area contributed by atoms with E-state index in [1.54, 1.807) is 0 Å². The molecule has 0 bridgehead atoms. The van der Waals surface area contributed by atoms with E-state index in [0.29, 0.717) is 0 Å². The van der Waals surface area contributed by atoms with Crippen molar-refractivity contribution in [3.05, 3.63) is 30.1 Å². The van der Waals surface area contributed by atoms with E-state index in [9.17, 15) is 0 Å². The van der Waals surface area contributed by atoms with Crippen LogP contribution in [0.1, 0.15) is 18.4 Å². The predicted molar refractivity (Wildman–Crippen MR) is 71.0 cm³/mol. The third-order valence-corrected chi connectivity index (χ3v) is 3.50. The van der Waals surface area contributed by atoms with Crippen LogP contribution < -0.4 is 5.32 Å². The Morgan fingerprint density at radius 2 is 2.24 bits per heavy atom. The number of rotatable bonds is 5. The first kappa shape index (κ1) is 12.5. The Hall–Kier alpha value is -0.930. The van der Waals surface area contributed by atoms with Crippen molar-refractivity contribution in [2.24, 2.45) is 5.92 Å². The predicted octanol–water partition coefficient (Wildman–Crippen LogP) is 1.56. The maximum absolute atomic E-state index is 4.04. The van der Waals surface area contributed by atoms with E-state index in [1.807, 2.05) is 12.4 Å². The van der Waals surface area contributed by atoms with Gasteiger partial charge < -0.3 is 10.2 Å². The van der Waals surface area contributed by atoms with Gasteiger partial charge in [0.15, 0.2) is 0 Å². The van der Waals surface area contributed by atoms with Crippen LogP contribution in [-0.4, -0.2) is 43.1 Å². The number of likely N-dealkylation sites (N-methyl/N-ethyl adjacent to an activating group) is 1. The maximum atomic E-state index is 4.04. The molecule has 3 nitrogen and oxygen atoms in total. The lowest BCUT2D eigenvalue weighted by Crippen LogP contribution is -2.37. The van der Waals surface area contributed by atoms with Crippen molar-refractivity contribution in [2.45, 2.75) is 19.3 Å². The maximum Gasteiger partial charge on any atom is 0.0270 e. The van der Waals surface area contributed by atoms with Crippen LogP contribution in [-0.2, 0) is 6.42 Å². The van der Waals surface area contributed by atoms with Gasteiger partial charge in [-0.15, -0.1) is 0 Å². The fourth-order valence-electron chi connectivity index (χ4n) is 2.48. The minimum atomic E-state index is 0.839. The summed E-state index contributed by atoms with van der Waals surface area (Å²) in [5.41, 5.74) is 1.38. The van der Waals surface area contributed by atoms with Gasteiger partial charge in [0, 0.05) is 25.5 Å². The number of piperidine rings is 1. The number of nitrogens with zero attached hydrogens (tertiary/aromatic N) is 2. The molecule has 1 atom stereocenters. The molecule has 1 fully saturated rings. The Morgan fingerprint density at radius 3 is 2.94 bits per heavy atom. The van der Waals surface area contributed by atoms with Crippen molar-refractivity contribution in [2.75, 3.05) is 33.2 Å². The molecule has 2 rings (SSSR count). The Labute approximate surface area is 104 Å². The molecule has 17 heavy (non-hydrogen) atoms. The van der Waals surface area contributed by atoms with E-state index in [0.717, 1.165) is 18.9 Å². The van der Waals surface area contributed by atoms with Gasteiger partial charge in [0.25, 0.3) is 0 Å². The summed E-state index contributed by atoms with van der Waals surface area (Å²) in [5, 5.41) is 3.48. The molecule has 1 aliphatic rings. The van der Waals surface area contributed by atoms with Crippen molar-refractivity contribution in [3.8, 4) is 0 Å². The fourth-order valence-corrected chi connectivity index (χ4v) is 2.48. The quantitative estimate of drug-likeness (QED) is 0.836. The second kappa shape index (κ2) is 6.72. The van der Waals surface area contributed by atoms with E-state index in [4.69, 9.17) is 0 Å². The molecule has 3 heteroatoms. The molecule has 0 aliphatic carbocycles. The highest BCUT2D eigenvalue weighted by atomic mass is 15.1. The first-order valence-electron chi connectivity index (χ1n) is 6.63. The molecule has 0 saturated carbocycles. The minimum absolute atomic E-state index is 0.839. The molecule has 1 N–H and O–H groups in total. The highest BCUT2D eigenvalue weighted by molar-refractivity contribution is 5.09. The van der Waals surface area contributed by atoms with Crippen LogP contribution in [0.15, 0.2) is 24.5 Å². The minimum Gasteiger partial charge on any atom is -0.316 e. The van der Waals surface area contributed by atoms with Crippen LogP contribution in [0.25, 0.3) is 0 Å². The van der Waals surface area contributed by atoms with Crippen molar-refractivity contribution in [3.63, 3.8) is 0 Å². The topological polar surface area (TPSA) is 28.2 Å². The van der Waals surface area contributed by atoms with Crippen LogP contribution in [0.4, 0.5) is 0 Å². The molecular weight excluding hydrogens is 210 g/mol. The molecule has 0 spiro atoms. The average Bonchev–Trinajstić information content (AvgIpc) is 2.39. The molecule has 1 saturated heterocycles. The molecule has 2 heterocycles. The van der Waals surface area contributed by atoms with Gasteiger partial charge in [-0.25, -0.2) is 0 Å². The van der Waals surface area contributed by atoms with Gasteiger partial charge in [-0.2, -0.15) is 0 Å². The normalized spacial score (nSPS) is 20.7. The monoisotopic (exact) mass is 233 g/mol. The van der Waals surface area contributed by atoms with Gasteiger partial charge in [-0.1, -0.05) is 0 Å². The summed E-state index contributed by atoms with van der Waals surface area (Å²) >= 11 is 0. The number of nitrogens with one attached hydrogen (secondary N) is 1. The van der Waals surface area contributed by atoms with E-state index in [1.165, 1.54) is 38.0 Å². The van der Waals surface area contributed by atoms with E-state index >= 15 is 0 Å². The number of hydrogen-bond acceptors (Lipinski definition) is 3. The van der Waals surface area contributed by atoms with Crippen LogP contribution in [0, 0.1) is 5.92 Å². The van der Waals surface area contributed by atoms with E-state index < -0.39 is 0 Å². The summed E-state index contributed by atoms with van der Waals surface area (Å²) in [6.07, 6.45) is 7.59. The third kappa shape index (κ3) is 4.44. The number of aromatic nitrogens is 1. The van der Waals surface area contributed by atoms with Crippen molar-refractivity contribution in [1.29, 1.82) is 0 Å². The molecule has 1 aliphatic heterocycles. The summed E-state index contributed by atoms with van der Waals surface area (Å²) in [5.74, 6) is 0.839. The molecule has 0 aromatic carbocycles. The lowest BCUT2D eigenvalue weighted by Gasteiger charge is -2.27. The summed E-state index contributed by atoms with van der Waals surface area (Å²) < 4.78 is 0. The molecule has 0 radical (unpaired) electrons. The Balaban J connectivity index is 1.68. The zero-order valence-corrected chi connectivity index (χ0v) is 10.7. The number of pyridine rings is 1. The van der Waals surface area contributed by atoms with Gasteiger partial charge in [0.05, 0.1) is 0 Å². The molecule has 94 valence electrons. The van der Waals surface area contributed by atoms with Crippen LogP contribution in [0.5, 0.6) is 0 Å². The van der Waals surface area contributed by atoms with Crippen molar-refractivity contribution >= 4 is 0 Å². The zero-order chi connectivity index (χ0) is 11.9. The zero-order valence-electron chi connectivity index (χ0n) is 10.7. The second-order valence-electron chi connectivity index (χ2n) is 5.08. The van der Waals surface area contributed by atoms with Gasteiger partial charge >= 0.3 is 0 Å². The molecule has 1 unspecified atom stereocenters. The largest absolute Gasteiger partial charge is 0.316 e. The number of hydrogen-bond donors (Lipinski definition) is 1. The standard InChI is InChI=1S/C14H23N3/c1-17(12-14-3-2-7-16-11-14)10-6-13-4-8-15-9-5-13/h4-5,8-9,14,16H,2-3,6-7,10-12H2,1H3. The summed E-state index contributed by atoms with van der Waals surface area (Å²) in [6.45, 7) is 4.76. The smallest absolute Gasteiger partial charge is 0.0270 e. The lowest BCUT2D eigenvalue weighted by atomic mass is 9.99. The molecule has 1 aromatic heterocycles. The van der Waals surface area contributed by atoms with Crippen molar-refractivity contribution < 1.29 is 0 Å². The fraction of sp³-hybridized carbons (Fsp3) is 0.643. The molecular formula is C14H23N3. The summed E-state index contributed by atoms with van der Waals surface area (Å²) in [4.78, 5) is 6.50. The Morgan fingerprint density at radius 1 is 1.41 bits per heavy atom. The van der Waals surface area contributed by atoms with Crippen LogP contribution in [0.3, 0.4) is 0 Å². The van der Waals surface area contributed by atoms with Gasteiger partial charge in [-0.3, -0.25) is 4.98 Å². The second-order valence-corrected chi connectivity index (χ2v) is 5.08. The van der Waals surface area contributed by atoms with Gasteiger partial charge in [0.2, 0.25) is 0 Å². The highest BCUT2D eigenvalue weighted by Gasteiger charge is 2.14. The third-order valence-electron chi connectivity index (χ3n) is 3.50. The summed E-state index contributed by atoms with van der Waals surface area (Å²) in [6, 6.07) is 4.21. The Bertz CT molecular complexity index is 307. The summed E-state index contributed by atoms with van der Waals surface area (Å²) in [7, 11) is 2.23. The SMILES string of the molecule is CN(CCc1ccncc1)CC1CCCNC1. The van der Waals surface area contributed by atoms with Crippen LogP contribution in [0.2, 0.25) is 0 Å². The average molecular weight is 233 g/mol. The lowest BCUT2D eigenvalue weighted by molar-refractivity contribution is 0.245. The Kier molecular flexibility index (Phi) is 4.95.